The van der Waals surface area contributed by atoms with Gasteiger partial charge in [0.05, 0.1) is 12.0 Å². The van der Waals surface area contributed by atoms with Gasteiger partial charge in [0.15, 0.2) is 11.0 Å². The molecule has 0 saturated heterocycles. The number of rotatable bonds is 6. The Labute approximate surface area is 137 Å². The van der Waals surface area contributed by atoms with Crippen LogP contribution in [-0.4, -0.2) is 26.9 Å². The highest BCUT2D eigenvalue weighted by atomic mass is 32.2. The molecule has 5 nitrogen and oxygen atoms in total. The highest BCUT2D eigenvalue weighted by molar-refractivity contribution is 7.98. The molecule has 22 heavy (non-hydrogen) atoms. The van der Waals surface area contributed by atoms with Crippen LogP contribution in [0, 0.1) is 0 Å². The average Bonchev–Trinajstić information content (AvgIpc) is 3.21. The zero-order valence-corrected chi connectivity index (χ0v) is 14.0. The van der Waals surface area contributed by atoms with Gasteiger partial charge in [0.2, 0.25) is 5.88 Å². The second-order valence-corrected chi connectivity index (χ2v) is 6.38. The molecule has 0 saturated carbocycles. The summed E-state index contributed by atoms with van der Waals surface area (Å²) in [5, 5.41) is 11.6. The second kappa shape index (κ2) is 6.93. The molecule has 0 aromatic carbocycles. The number of nitrogens with zero attached hydrogens (tertiary/aromatic N) is 4. The van der Waals surface area contributed by atoms with Crippen LogP contribution in [0.3, 0.4) is 0 Å². The molecule has 0 atom stereocenters. The van der Waals surface area contributed by atoms with Crippen LogP contribution < -0.4 is 4.74 Å². The molecule has 0 spiro atoms. The van der Waals surface area contributed by atoms with Crippen molar-refractivity contribution in [1.82, 2.24) is 19.7 Å². The van der Waals surface area contributed by atoms with E-state index in [4.69, 9.17) is 4.74 Å². The van der Waals surface area contributed by atoms with Crippen LogP contribution >= 0.6 is 23.1 Å². The SMILES string of the molecule is CCn1c(SCc2cccnc2OC)nnc1-c1cccs1. The first-order valence-corrected chi connectivity index (χ1v) is 8.77. The number of hydrogen-bond acceptors (Lipinski definition) is 6. The van der Waals surface area contributed by atoms with Crippen LogP contribution in [0.4, 0.5) is 0 Å². The van der Waals surface area contributed by atoms with Crippen LogP contribution in [0.5, 0.6) is 5.88 Å². The van der Waals surface area contributed by atoms with Crippen LogP contribution in [0.25, 0.3) is 10.7 Å². The Morgan fingerprint density at radius 1 is 1.27 bits per heavy atom. The minimum atomic E-state index is 0.663. The molecule has 7 heteroatoms. The fraction of sp³-hybridized carbons (Fsp3) is 0.267. The van der Waals surface area contributed by atoms with Gasteiger partial charge >= 0.3 is 0 Å². The maximum absolute atomic E-state index is 5.29. The normalized spacial score (nSPS) is 10.8. The Hall–Kier alpha value is -1.86. The van der Waals surface area contributed by atoms with Gasteiger partial charge in [-0.3, -0.25) is 0 Å². The Balaban J connectivity index is 1.81. The number of aromatic nitrogens is 4. The number of ether oxygens (including phenoxy) is 1. The molecule has 0 fully saturated rings. The summed E-state index contributed by atoms with van der Waals surface area (Å²) in [4.78, 5) is 5.36. The standard InChI is InChI=1S/C15H16N4OS2/c1-3-19-13(12-7-5-9-21-12)17-18-15(19)22-10-11-6-4-8-16-14(11)20-2/h4-9H,3,10H2,1-2H3. The lowest BCUT2D eigenvalue weighted by atomic mass is 10.3. The van der Waals surface area contributed by atoms with Gasteiger partial charge in [-0.1, -0.05) is 23.9 Å². The van der Waals surface area contributed by atoms with E-state index in [1.54, 1.807) is 36.4 Å². The lowest BCUT2D eigenvalue weighted by Crippen LogP contribution is -1.99. The first kappa shape index (κ1) is 15.1. The third-order valence-corrected chi connectivity index (χ3v) is 5.06. The quantitative estimate of drug-likeness (QED) is 0.644. The molecule has 3 aromatic rings. The van der Waals surface area contributed by atoms with Crippen molar-refractivity contribution in [2.45, 2.75) is 24.4 Å². The monoisotopic (exact) mass is 332 g/mol. The Morgan fingerprint density at radius 2 is 2.18 bits per heavy atom. The number of hydrogen-bond donors (Lipinski definition) is 0. The van der Waals surface area contributed by atoms with E-state index in [1.807, 2.05) is 18.2 Å². The maximum Gasteiger partial charge on any atom is 0.217 e. The summed E-state index contributed by atoms with van der Waals surface area (Å²) in [6.07, 6.45) is 1.73. The van der Waals surface area contributed by atoms with Gasteiger partial charge in [0, 0.05) is 24.1 Å². The summed E-state index contributed by atoms with van der Waals surface area (Å²) in [7, 11) is 1.64. The van der Waals surface area contributed by atoms with Gasteiger partial charge in [-0.2, -0.15) is 0 Å². The second-order valence-electron chi connectivity index (χ2n) is 4.49. The first-order valence-electron chi connectivity index (χ1n) is 6.91. The molecule has 3 heterocycles. The molecule has 0 aliphatic heterocycles. The average molecular weight is 332 g/mol. The molecular formula is C15H16N4OS2. The molecule has 0 aliphatic rings. The van der Waals surface area contributed by atoms with Gasteiger partial charge in [-0.25, -0.2) is 4.98 Å². The summed E-state index contributed by atoms with van der Waals surface area (Å²) in [6, 6.07) is 8.03. The molecule has 3 aromatic heterocycles. The minimum Gasteiger partial charge on any atom is -0.481 e. The predicted molar refractivity (Wildman–Crippen MR) is 89.4 cm³/mol. The molecule has 0 aliphatic carbocycles. The number of methoxy groups -OCH3 is 1. The van der Waals surface area contributed by atoms with E-state index in [0.29, 0.717) is 5.88 Å². The van der Waals surface area contributed by atoms with Gasteiger partial charge < -0.3 is 9.30 Å². The van der Waals surface area contributed by atoms with Gasteiger partial charge in [-0.05, 0) is 24.4 Å². The molecule has 114 valence electrons. The number of pyridine rings is 1. The van der Waals surface area contributed by atoms with Crippen molar-refractivity contribution in [1.29, 1.82) is 0 Å². The van der Waals surface area contributed by atoms with Crippen molar-refractivity contribution in [3.05, 3.63) is 41.4 Å². The van der Waals surface area contributed by atoms with E-state index >= 15 is 0 Å². The van der Waals surface area contributed by atoms with E-state index in [1.165, 1.54) is 0 Å². The smallest absolute Gasteiger partial charge is 0.217 e. The Kier molecular flexibility index (Phi) is 4.74. The lowest BCUT2D eigenvalue weighted by molar-refractivity contribution is 0.394. The van der Waals surface area contributed by atoms with Gasteiger partial charge in [0.25, 0.3) is 0 Å². The summed E-state index contributed by atoms with van der Waals surface area (Å²) in [6.45, 7) is 2.95. The van der Waals surface area contributed by atoms with Gasteiger partial charge in [0.1, 0.15) is 0 Å². The summed E-state index contributed by atoms with van der Waals surface area (Å²) in [5.41, 5.74) is 1.05. The highest BCUT2D eigenvalue weighted by Gasteiger charge is 2.14. The molecule has 0 amide bonds. The fourth-order valence-electron chi connectivity index (χ4n) is 2.13. The van der Waals surface area contributed by atoms with Crippen molar-refractivity contribution < 1.29 is 4.74 Å². The van der Waals surface area contributed by atoms with Crippen molar-refractivity contribution in [2.75, 3.05) is 7.11 Å². The molecule has 0 unspecified atom stereocenters. The number of thiophene rings is 1. The topological polar surface area (TPSA) is 52.8 Å². The van der Waals surface area contributed by atoms with E-state index in [0.717, 1.165) is 33.7 Å². The predicted octanol–water partition coefficient (Wildman–Crippen LogP) is 3.72. The molecule has 0 N–H and O–H groups in total. The highest BCUT2D eigenvalue weighted by Crippen LogP contribution is 2.30. The summed E-state index contributed by atoms with van der Waals surface area (Å²) < 4.78 is 7.43. The van der Waals surface area contributed by atoms with Crippen LogP contribution in [0.2, 0.25) is 0 Å². The van der Waals surface area contributed by atoms with Crippen LogP contribution in [0.1, 0.15) is 12.5 Å². The van der Waals surface area contributed by atoms with Crippen LogP contribution in [-0.2, 0) is 12.3 Å². The van der Waals surface area contributed by atoms with Crippen LogP contribution in [0.15, 0.2) is 41.0 Å². The Bertz CT molecular complexity index is 740. The molecule has 0 radical (unpaired) electrons. The molecule has 3 rings (SSSR count). The van der Waals surface area contributed by atoms with Crippen molar-refractivity contribution in [2.24, 2.45) is 0 Å². The molecule has 0 bridgehead atoms. The van der Waals surface area contributed by atoms with Crippen molar-refractivity contribution in [3.8, 4) is 16.6 Å². The third kappa shape index (κ3) is 3.00. The zero-order valence-electron chi connectivity index (χ0n) is 12.4. The van der Waals surface area contributed by atoms with Crippen molar-refractivity contribution in [3.63, 3.8) is 0 Å². The van der Waals surface area contributed by atoms with E-state index < -0.39 is 0 Å². The summed E-state index contributed by atoms with van der Waals surface area (Å²) >= 11 is 3.32. The largest absolute Gasteiger partial charge is 0.481 e. The van der Waals surface area contributed by atoms with E-state index in [2.05, 4.69) is 38.1 Å². The maximum atomic E-state index is 5.29. The summed E-state index contributed by atoms with van der Waals surface area (Å²) in [5.74, 6) is 2.34. The lowest BCUT2D eigenvalue weighted by Gasteiger charge is -2.08. The third-order valence-electron chi connectivity index (χ3n) is 3.17. The Morgan fingerprint density at radius 3 is 2.91 bits per heavy atom. The zero-order chi connectivity index (χ0) is 15.4. The molecular weight excluding hydrogens is 316 g/mol. The minimum absolute atomic E-state index is 0.663. The van der Waals surface area contributed by atoms with E-state index in [9.17, 15) is 0 Å². The fourth-order valence-corrected chi connectivity index (χ4v) is 3.82. The van der Waals surface area contributed by atoms with E-state index in [-0.39, 0.29) is 0 Å². The van der Waals surface area contributed by atoms with Crippen molar-refractivity contribution >= 4 is 23.1 Å². The number of thioether (sulfide) groups is 1. The van der Waals surface area contributed by atoms with Gasteiger partial charge in [-0.15, -0.1) is 21.5 Å². The first-order chi connectivity index (χ1) is 10.8.